The lowest BCUT2D eigenvalue weighted by atomic mass is 9.99. The second-order valence-electron chi connectivity index (χ2n) is 10.7. The van der Waals surface area contributed by atoms with Crippen molar-refractivity contribution in [2.75, 3.05) is 62.4 Å². The minimum atomic E-state index is -0.233. The summed E-state index contributed by atoms with van der Waals surface area (Å²) in [6.45, 7) is 5.97. The number of carbonyl (C=O) groups is 3. The second-order valence-corrected chi connectivity index (χ2v) is 11.1. The van der Waals surface area contributed by atoms with Crippen LogP contribution in [-0.2, 0) is 20.9 Å². The van der Waals surface area contributed by atoms with E-state index >= 15 is 0 Å². The molecule has 42 heavy (non-hydrogen) atoms. The average Bonchev–Trinajstić information content (AvgIpc) is 3.30. The fourth-order valence-corrected chi connectivity index (χ4v) is 5.22. The van der Waals surface area contributed by atoms with Gasteiger partial charge in [-0.3, -0.25) is 19.3 Å². The summed E-state index contributed by atoms with van der Waals surface area (Å²) in [5.74, 6) is -0.292. The molecule has 0 aromatic heterocycles. The first-order valence-electron chi connectivity index (χ1n) is 13.9. The van der Waals surface area contributed by atoms with Crippen molar-refractivity contribution in [2.24, 2.45) is 0 Å². The summed E-state index contributed by atoms with van der Waals surface area (Å²) < 4.78 is 0. The first-order valence-corrected chi connectivity index (χ1v) is 14.3. The number of nitrogens with one attached hydrogen (secondary N) is 3. The summed E-state index contributed by atoms with van der Waals surface area (Å²) in [6, 6.07) is 20.6. The fourth-order valence-electron chi connectivity index (χ4n) is 5.05. The first kappa shape index (κ1) is 29.3. The van der Waals surface area contributed by atoms with Crippen LogP contribution >= 0.6 is 11.6 Å². The van der Waals surface area contributed by atoms with E-state index in [4.69, 9.17) is 11.6 Å². The Balaban J connectivity index is 1.40. The molecule has 0 radical (unpaired) electrons. The number of rotatable bonds is 8. The highest BCUT2D eigenvalue weighted by Crippen LogP contribution is 2.39. The van der Waals surface area contributed by atoms with E-state index in [1.165, 1.54) is 6.92 Å². The molecule has 3 aromatic carbocycles. The molecule has 5 rings (SSSR count). The molecular weight excluding hydrogens is 552 g/mol. The molecule has 2 heterocycles. The molecule has 1 fully saturated rings. The van der Waals surface area contributed by atoms with Crippen LogP contribution in [0.15, 0.2) is 66.7 Å². The lowest BCUT2D eigenvalue weighted by Crippen LogP contribution is -2.48. The quantitative estimate of drug-likeness (QED) is 0.344. The number of fused-ring (bicyclic) bond motifs is 1. The number of likely N-dealkylation sites (N-methyl/N-ethyl adjacent to an activating group) is 2. The molecule has 3 amide bonds. The van der Waals surface area contributed by atoms with Crippen molar-refractivity contribution < 1.29 is 14.4 Å². The van der Waals surface area contributed by atoms with Crippen LogP contribution in [0.25, 0.3) is 11.3 Å². The number of halogens is 1. The van der Waals surface area contributed by atoms with Crippen LogP contribution in [0.4, 0.5) is 17.1 Å². The summed E-state index contributed by atoms with van der Waals surface area (Å²) in [5.41, 5.74) is 5.83. The lowest BCUT2D eigenvalue weighted by Gasteiger charge is -2.32. The molecule has 9 nitrogen and oxygen atoms in total. The Morgan fingerprint density at radius 2 is 1.67 bits per heavy atom. The summed E-state index contributed by atoms with van der Waals surface area (Å²) in [6.07, 6.45) is 0. The highest BCUT2D eigenvalue weighted by atomic mass is 35.5. The van der Waals surface area contributed by atoms with Crippen LogP contribution in [0, 0.1) is 0 Å². The largest absolute Gasteiger partial charge is 0.354 e. The van der Waals surface area contributed by atoms with Crippen molar-refractivity contribution in [3.63, 3.8) is 0 Å². The number of nitrogens with zero attached hydrogens (tertiary/aromatic N) is 3. The Labute approximate surface area is 251 Å². The van der Waals surface area contributed by atoms with Crippen LogP contribution in [-0.4, -0.2) is 74.3 Å². The Hall–Kier alpha value is -4.18. The van der Waals surface area contributed by atoms with Gasteiger partial charge in [-0.25, -0.2) is 0 Å². The van der Waals surface area contributed by atoms with Crippen molar-refractivity contribution in [1.82, 2.24) is 15.1 Å². The van der Waals surface area contributed by atoms with Gasteiger partial charge in [0.05, 0.1) is 23.5 Å². The van der Waals surface area contributed by atoms with Crippen molar-refractivity contribution in [3.05, 3.63) is 88.4 Å². The van der Waals surface area contributed by atoms with Gasteiger partial charge in [-0.15, -0.1) is 0 Å². The van der Waals surface area contributed by atoms with E-state index in [0.717, 1.165) is 54.2 Å². The number of piperazine rings is 1. The van der Waals surface area contributed by atoms with Crippen molar-refractivity contribution in [1.29, 1.82) is 0 Å². The lowest BCUT2D eigenvalue weighted by molar-refractivity contribution is -0.120. The van der Waals surface area contributed by atoms with E-state index in [1.807, 2.05) is 54.6 Å². The molecule has 2 aliphatic rings. The molecule has 0 atom stereocenters. The zero-order chi connectivity index (χ0) is 29.8. The molecule has 3 aromatic rings. The molecule has 0 saturated carbocycles. The maximum absolute atomic E-state index is 13.2. The predicted molar refractivity (Wildman–Crippen MR) is 168 cm³/mol. The summed E-state index contributed by atoms with van der Waals surface area (Å²) in [4.78, 5) is 43.7. The number of hydrogen-bond acceptors (Lipinski definition) is 6. The van der Waals surface area contributed by atoms with Crippen LogP contribution in [0.5, 0.6) is 0 Å². The maximum Gasteiger partial charge on any atom is 0.258 e. The van der Waals surface area contributed by atoms with Gasteiger partial charge in [0.1, 0.15) is 0 Å². The Morgan fingerprint density at radius 3 is 2.33 bits per heavy atom. The zero-order valence-corrected chi connectivity index (χ0v) is 24.8. The average molecular weight is 587 g/mol. The van der Waals surface area contributed by atoms with Crippen molar-refractivity contribution in [2.45, 2.75) is 13.5 Å². The van der Waals surface area contributed by atoms with Crippen LogP contribution in [0.2, 0.25) is 5.02 Å². The van der Waals surface area contributed by atoms with Gasteiger partial charge >= 0.3 is 0 Å². The molecule has 218 valence electrons. The molecule has 1 saturated heterocycles. The number of anilines is 3. The van der Waals surface area contributed by atoms with E-state index < -0.39 is 0 Å². The molecule has 0 spiro atoms. The molecular formula is C32H35ClN6O3. The highest BCUT2D eigenvalue weighted by molar-refractivity contribution is 6.38. The van der Waals surface area contributed by atoms with E-state index in [1.54, 1.807) is 24.1 Å². The molecule has 0 bridgehead atoms. The monoisotopic (exact) mass is 586 g/mol. The Morgan fingerprint density at radius 1 is 0.976 bits per heavy atom. The number of benzene rings is 3. The molecule has 0 aliphatic carbocycles. The van der Waals surface area contributed by atoms with E-state index in [9.17, 15) is 14.4 Å². The number of carbonyl (C=O) groups excluding carboxylic acids is 3. The smallest absolute Gasteiger partial charge is 0.258 e. The van der Waals surface area contributed by atoms with Gasteiger partial charge in [0.2, 0.25) is 11.8 Å². The van der Waals surface area contributed by atoms with Gasteiger partial charge in [-0.2, -0.15) is 0 Å². The predicted octanol–water partition coefficient (Wildman–Crippen LogP) is 4.12. The Kier molecular flexibility index (Phi) is 8.91. The minimum Gasteiger partial charge on any atom is -0.354 e. The summed E-state index contributed by atoms with van der Waals surface area (Å²) in [7, 11) is 3.89. The topological polar surface area (TPSA) is 97.0 Å². The van der Waals surface area contributed by atoms with E-state index in [2.05, 4.69) is 32.8 Å². The SMILES string of the molecule is CC(=O)NCc1ccc(C(Nc2ccc(N(C)C(=O)CN3CCN(C)CC3)cc2)=C2C(=O)Nc3cc(Cl)ccc32)cc1. The van der Waals surface area contributed by atoms with Gasteiger partial charge in [-0.1, -0.05) is 41.9 Å². The molecule has 3 N–H and O–H groups in total. The first-order chi connectivity index (χ1) is 20.2. The van der Waals surface area contributed by atoms with Crippen LogP contribution < -0.4 is 20.9 Å². The van der Waals surface area contributed by atoms with Crippen LogP contribution in [0.1, 0.15) is 23.6 Å². The Bertz CT molecular complexity index is 1510. The third kappa shape index (κ3) is 6.82. The standard InChI is InChI=1S/C32H35ClN6O3/c1-21(40)34-19-22-4-6-23(7-5-22)31(30-27-13-8-24(33)18-28(27)36-32(30)42)35-25-9-11-26(12-10-25)38(3)29(41)20-39-16-14-37(2)15-17-39/h4-13,18,35H,14-17,19-20H2,1-3H3,(H,34,40)(H,36,42). The summed E-state index contributed by atoms with van der Waals surface area (Å²) in [5, 5.41) is 9.72. The highest BCUT2D eigenvalue weighted by Gasteiger charge is 2.29. The molecule has 2 aliphatic heterocycles. The summed E-state index contributed by atoms with van der Waals surface area (Å²) >= 11 is 6.19. The normalized spacial score (nSPS) is 16.4. The van der Waals surface area contributed by atoms with Gasteiger partial charge in [0.15, 0.2) is 0 Å². The number of hydrogen-bond donors (Lipinski definition) is 3. The third-order valence-corrected chi connectivity index (χ3v) is 7.85. The van der Waals surface area contributed by atoms with E-state index in [-0.39, 0.29) is 17.7 Å². The van der Waals surface area contributed by atoms with Crippen LogP contribution in [0.3, 0.4) is 0 Å². The fraction of sp³-hybridized carbons (Fsp3) is 0.281. The maximum atomic E-state index is 13.2. The second kappa shape index (κ2) is 12.8. The van der Waals surface area contributed by atoms with E-state index in [0.29, 0.717) is 35.1 Å². The third-order valence-electron chi connectivity index (χ3n) is 7.61. The minimum absolute atomic E-state index is 0.0420. The van der Waals surface area contributed by atoms with Crippen molar-refractivity contribution in [3.8, 4) is 0 Å². The number of amides is 3. The zero-order valence-electron chi connectivity index (χ0n) is 24.0. The van der Waals surface area contributed by atoms with Gasteiger partial charge in [0, 0.05) is 68.7 Å². The van der Waals surface area contributed by atoms with Gasteiger partial charge in [0.25, 0.3) is 5.91 Å². The van der Waals surface area contributed by atoms with Gasteiger partial charge < -0.3 is 25.8 Å². The molecule has 0 unspecified atom stereocenters. The van der Waals surface area contributed by atoms with Crippen molar-refractivity contribution >= 4 is 57.7 Å². The van der Waals surface area contributed by atoms with Gasteiger partial charge in [-0.05, 0) is 54.6 Å². The molecule has 10 heteroatoms.